The van der Waals surface area contributed by atoms with Crippen LogP contribution >= 0.6 is 0 Å². The van der Waals surface area contributed by atoms with E-state index in [1.807, 2.05) is 19.1 Å². The Kier molecular flexibility index (Phi) is 10.5. The monoisotopic (exact) mass is 381 g/mol. The second-order valence-corrected chi connectivity index (χ2v) is 5.56. The highest BCUT2D eigenvalue weighted by Gasteiger charge is 2.13. The Bertz CT molecular complexity index is 594. The number of esters is 1. The van der Waals surface area contributed by atoms with Crippen LogP contribution in [0.25, 0.3) is 0 Å². The molecule has 0 aliphatic rings. The van der Waals surface area contributed by atoms with Gasteiger partial charge in [0.25, 0.3) is 0 Å². The molecule has 0 aliphatic carbocycles. The smallest absolute Gasteiger partial charge is 0.305 e. The van der Waals surface area contributed by atoms with Crippen LogP contribution in [0.15, 0.2) is 17.1 Å². The summed E-state index contributed by atoms with van der Waals surface area (Å²) in [4.78, 5) is 15.9. The van der Waals surface area contributed by atoms with Crippen LogP contribution in [-0.4, -0.2) is 53.0 Å². The number of methoxy groups -OCH3 is 3. The number of carbonyl (C=O) groups is 1. The molecule has 1 rings (SSSR count). The van der Waals surface area contributed by atoms with Crippen LogP contribution in [0.5, 0.6) is 17.2 Å². The predicted octanol–water partition coefficient (Wildman–Crippen LogP) is 2.11. The van der Waals surface area contributed by atoms with Gasteiger partial charge in [-0.05, 0) is 38.0 Å². The van der Waals surface area contributed by atoms with Crippen LogP contribution in [0.2, 0.25) is 0 Å². The molecule has 0 saturated carbocycles. The van der Waals surface area contributed by atoms with Gasteiger partial charge in [0.15, 0.2) is 17.5 Å². The first-order chi connectivity index (χ1) is 13.1. The molecule has 0 bridgehead atoms. The molecule has 8 heteroatoms. The summed E-state index contributed by atoms with van der Waals surface area (Å²) < 4.78 is 21.0. The predicted molar refractivity (Wildman–Crippen MR) is 105 cm³/mol. The third-order valence-electron chi connectivity index (χ3n) is 3.64. The maximum Gasteiger partial charge on any atom is 0.305 e. The first-order valence-corrected chi connectivity index (χ1v) is 9.06. The Labute approximate surface area is 161 Å². The van der Waals surface area contributed by atoms with E-state index in [1.54, 1.807) is 28.3 Å². The first-order valence-electron chi connectivity index (χ1n) is 9.06. The van der Waals surface area contributed by atoms with Gasteiger partial charge in [0.2, 0.25) is 5.75 Å². The highest BCUT2D eigenvalue weighted by Crippen LogP contribution is 2.38. The summed E-state index contributed by atoms with van der Waals surface area (Å²) in [5, 5.41) is 6.39. The van der Waals surface area contributed by atoms with Gasteiger partial charge in [-0.25, -0.2) is 4.99 Å². The van der Waals surface area contributed by atoms with Gasteiger partial charge in [0.05, 0.1) is 34.5 Å². The molecule has 0 heterocycles. The van der Waals surface area contributed by atoms with Gasteiger partial charge in [0.1, 0.15) is 0 Å². The van der Waals surface area contributed by atoms with Crippen LogP contribution in [0.4, 0.5) is 0 Å². The summed E-state index contributed by atoms with van der Waals surface area (Å²) in [5.74, 6) is 2.23. The summed E-state index contributed by atoms with van der Waals surface area (Å²) in [6.45, 7) is 6.00. The minimum absolute atomic E-state index is 0.182. The number of aliphatic imine (C=N–C) groups is 1. The minimum Gasteiger partial charge on any atom is -0.493 e. The fourth-order valence-electron chi connectivity index (χ4n) is 2.41. The van der Waals surface area contributed by atoms with Crippen molar-refractivity contribution < 1.29 is 23.7 Å². The minimum atomic E-state index is -0.182. The van der Waals surface area contributed by atoms with Crippen LogP contribution in [0.3, 0.4) is 0 Å². The lowest BCUT2D eigenvalue weighted by Crippen LogP contribution is -2.37. The van der Waals surface area contributed by atoms with E-state index in [1.165, 1.54) is 0 Å². The lowest BCUT2D eigenvalue weighted by molar-refractivity contribution is -0.143. The molecule has 152 valence electrons. The number of nitrogens with one attached hydrogen (secondary N) is 2. The van der Waals surface area contributed by atoms with Crippen molar-refractivity contribution in [2.45, 2.75) is 33.2 Å². The maximum atomic E-state index is 11.4. The zero-order valence-electron chi connectivity index (χ0n) is 16.9. The van der Waals surface area contributed by atoms with Crippen molar-refractivity contribution in [2.75, 3.05) is 41.0 Å². The Morgan fingerprint density at radius 2 is 1.70 bits per heavy atom. The topological polar surface area (TPSA) is 90.4 Å². The molecule has 0 unspecified atom stereocenters. The number of benzene rings is 1. The molecule has 0 atom stereocenters. The summed E-state index contributed by atoms with van der Waals surface area (Å²) in [5.41, 5.74) is 0.924. The van der Waals surface area contributed by atoms with Crippen molar-refractivity contribution in [3.05, 3.63) is 17.7 Å². The summed E-state index contributed by atoms with van der Waals surface area (Å²) >= 11 is 0. The second-order valence-electron chi connectivity index (χ2n) is 5.56. The van der Waals surface area contributed by atoms with Crippen LogP contribution < -0.4 is 24.8 Å². The van der Waals surface area contributed by atoms with Crippen LogP contribution in [0, 0.1) is 0 Å². The van der Waals surface area contributed by atoms with Crippen molar-refractivity contribution in [1.82, 2.24) is 10.6 Å². The molecule has 8 nitrogen and oxygen atoms in total. The Hall–Kier alpha value is -2.64. The standard InChI is InChI=1S/C19H31N3O5/c1-6-20-19(21-10-8-9-17(23)27-7-2)22-13-14-11-15(24-3)18(26-5)16(12-14)25-4/h11-12H,6-10,13H2,1-5H3,(H2,20,21,22). The van der Waals surface area contributed by atoms with E-state index in [-0.39, 0.29) is 5.97 Å². The highest BCUT2D eigenvalue weighted by molar-refractivity contribution is 5.79. The number of ether oxygens (including phenoxy) is 4. The summed E-state index contributed by atoms with van der Waals surface area (Å²) in [7, 11) is 4.74. The van der Waals surface area contributed by atoms with Gasteiger partial charge in [-0.1, -0.05) is 0 Å². The Balaban J connectivity index is 2.73. The molecule has 1 aromatic carbocycles. The SMILES string of the molecule is CCNC(=NCc1cc(OC)c(OC)c(OC)c1)NCCCC(=O)OCC. The van der Waals surface area contributed by atoms with Gasteiger partial charge < -0.3 is 29.6 Å². The van der Waals surface area contributed by atoms with E-state index < -0.39 is 0 Å². The van der Waals surface area contributed by atoms with E-state index in [0.29, 0.717) is 55.7 Å². The Morgan fingerprint density at radius 3 is 2.22 bits per heavy atom. The number of hydrogen-bond donors (Lipinski definition) is 2. The van der Waals surface area contributed by atoms with E-state index >= 15 is 0 Å². The average molecular weight is 381 g/mol. The second kappa shape index (κ2) is 12.7. The number of hydrogen-bond acceptors (Lipinski definition) is 6. The van der Waals surface area contributed by atoms with Gasteiger partial charge in [-0.2, -0.15) is 0 Å². The van der Waals surface area contributed by atoms with E-state index in [2.05, 4.69) is 15.6 Å². The zero-order chi connectivity index (χ0) is 20.1. The highest BCUT2D eigenvalue weighted by atomic mass is 16.5. The van der Waals surface area contributed by atoms with Gasteiger partial charge in [0, 0.05) is 19.5 Å². The van der Waals surface area contributed by atoms with Crippen molar-refractivity contribution in [3.63, 3.8) is 0 Å². The molecule has 27 heavy (non-hydrogen) atoms. The number of guanidine groups is 1. The summed E-state index contributed by atoms with van der Waals surface area (Å²) in [6.07, 6.45) is 1.06. The Morgan fingerprint density at radius 1 is 1.04 bits per heavy atom. The van der Waals surface area contributed by atoms with Crippen LogP contribution in [0.1, 0.15) is 32.3 Å². The third kappa shape index (κ3) is 7.64. The lowest BCUT2D eigenvalue weighted by atomic mass is 10.2. The lowest BCUT2D eigenvalue weighted by Gasteiger charge is -2.14. The summed E-state index contributed by atoms with van der Waals surface area (Å²) in [6, 6.07) is 3.74. The molecular weight excluding hydrogens is 350 g/mol. The van der Waals surface area contributed by atoms with Crippen molar-refractivity contribution >= 4 is 11.9 Å². The average Bonchev–Trinajstić information content (AvgIpc) is 2.68. The molecule has 0 spiro atoms. The quantitative estimate of drug-likeness (QED) is 0.263. The van der Waals surface area contributed by atoms with Crippen molar-refractivity contribution in [2.24, 2.45) is 4.99 Å². The largest absolute Gasteiger partial charge is 0.493 e. The van der Waals surface area contributed by atoms with Gasteiger partial charge in [-0.3, -0.25) is 4.79 Å². The number of rotatable bonds is 11. The molecule has 0 radical (unpaired) electrons. The van der Waals surface area contributed by atoms with E-state index in [9.17, 15) is 4.79 Å². The molecule has 0 aromatic heterocycles. The third-order valence-corrected chi connectivity index (χ3v) is 3.64. The van der Waals surface area contributed by atoms with Gasteiger partial charge >= 0.3 is 5.97 Å². The number of carbonyl (C=O) groups excluding carboxylic acids is 1. The zero-order valence-corrected chi connectivity index (χ0v) is 16.9. The number of nitrogens with zero attached hydrogens (tertiary/aromatic N) is 1. The molecular formula is C19H31N3O5. The van der Waals surface area contributed by atoms with Crippen molar-refractivity contribution in [1.29, 1.82) is 0 Å². The normalized spacial score (nSPS) is 10.9. The maximum absolute atomic E-state index is 11.4. The molecule has 0 saturated heterocycles. The first kappa shape index (κ1) is 22.4. The molecule has 2 N–H and O–H groups in total. The molecule has 1 aromatic rings. The molecule has 0 fully saturated rings. The molecule has 0 aliphatic heterocycles. The van der Waals surface area contributed by atoms with Gasteiger partial charge in [-0.15, -0.1) is 0 Å². The fourth-order valence-corrected chi connectivity index (χ4v) is 2.41. The van der Waals surface area contributed by atoms with E-state index in [0.717, 1.165) is 12.1 Å². The van der Waals surface area contributed by atoms with Crippen molar-refractivity contribution in [3.8, 4) is 17.2 Å². The fraction of sp³-hybridized carbons (Fsp3) is 0.579. The van der Waals surface area contributed by atoms with Crippen LogP contribution in [-0.2, 0) is 16.1 Å². The van der Waals surface area contributed by atoms with E-state index in [4.69, 9.17) is 18.9 Å². The molecule has 0 amide bonds.